The lowest BCUT2D eigenvalue weighted by Crippen LogP contribution is -2.41. The third kappa shape index (κ3) is 10.7. The van der Waals surface area contributed by atoms with Crippen molar-refractivity contribution in [3.8, 4) is 0 Å². The summed E-state index contributed by atoms with van der Waals surface area (Å²) in [5.74, 6) is 0.465. The summed E-state index contributed by atoms with van der Waals surface area (Å²) in [6, 6.07) is 7.04. The molecule has 1 amide bonds. The normalized spacial score (nSPS) is 12.7. The summed E-state index contributed by atoms with van der Waals surface area (Å²) in [6.45, 7) is 7.22. The molecule has 160 valence electrons. The van der Waals surface area contributed by atoms with E-state index in [9.17, 15) is 4.79 Å². The first-order valence-electron chi connectivity index (χ1n) is 11.3. The summed E-state index contributed by atoms with van der Waals surface area (Å²) in [5.41, 5.74) is 13.3. The van der Waals surface area contributed by atoms with Gasteiger partial charge in [0.05, 0.1) is 0 Å². The van der Waals surface area contributed by atoms with E-state index in [0.717, 1.165) is 12.8 Å². The van der Waals surface area contributed by atoms with E-state index in [1.54, 1.807) is 24.3 Å². The smallest absolute Gasteiger partial charge is 0.251 e. The molecule has 1 unspecified atom stereocenters. The van der Waals surface area contributed by atoms with Gasteiger partial charge in [0, 0.05) is 23.3 Å². The molecule has 0 aliphatic heterocycles. The second kappa shape index (κ2) is 13.6. The molecule has 0 aromatic heterocycles. The molecule has 1 aromatic carbocycles. The van der Waals surface area contributed by atoms with Crippen molar-refractivity contribution in [3.63, 3.8) is 0 Å². The molecule has 1 aromatic rings. The van der Waals surface area contributed by atoms with Gasteiger partial charge in [0.25, 0.3) is 5.91 Å². The van der Waals surface area contributed by atoms with Gasteiger partial charge in [-0.25, -0.2) is 0 Å². The van der Waals surface area contributed by atoms with Gasteiger partial charge in [-0.2, -0.15) is 0 Å². The van der Waals surface area contributed by atoms with E-state index in [1.165, 1.54) is 57.8 Å². The monoisotopic (exact) mass is 389 g/mol. The van der Waals surface area contributed by atoms with E-state index in [1.807, 2.05) is 0 Å². The molecular formula is C24H43N3O. The predicted octanol–water partition coefficient (Wildman–Crippen LogP) is 5.66. The zero-order valence-corrected chi connectivity index (χ0v) is 18.4. The molecule has 4 heteroatoms. The highest BCUT2D eigenvalue weighted by Gasteiger charge is 2.24. The standard InChI is InChI=1S/C24H43N3O/c1-4-5-6-7-8-9-10-11-13-21(24(2,3)26)14-12-19-27-23(28)20-15-17-22(25)18-16-20/h15-18,21H,4-14,19,25-26H2,1-3H3,(H,27,28). The maximum Gasteiger partial charge on any atom is 0.251 e. The number of benzene rings is 1. The number of anilines is 1. The lowest BCUT2D eigenvalue weighted by molar-refractivity contribution is 0.0952. The maximum atomic E-state index is 12.2. The molecule has 1 rings (SSSR count). The average Bonchev–Trinajstić information content (AvgIpc) is 2.64. The van der Waals surface area contributed by atoms with Crippen LogP contribution in [0.3, 0.4) is 0 Å². The van der Waals surface area contributed by atoms with Gasteiger partial charge in [-0.1, -0.05) is 58.3 Å². The highest BCUT2D eigenvalue weighted by atomic mass is 16.1. The summed E-state index contributed by atoms with van der Waals surface area (Å²) < 4.78 is 0. The Labute approximate surface area is 172 Å². The molecule has 5 N–H and O–H groups in total. The van der Waals surface area contributed by atoms with Gasteiger partial charge in [0.2, 0.25) is 0 Å². The zero-order valence-electron chi connectivity index (χ0n) is 18.4. The summed E-state index contributed by atoms with van der Waals surface area (Å²) in [4.78, 5) is 12.2. The highest BCUT2D eigenvalue weighted by Crippen LogP contribution is 2.26. The first kappa shape index (κ1) is 24.5. The third-order valence-corrected chi connectivity index (χ3v) is 5.65. The number of carbonyl (C=O) groups is 1. The van der Waals surface area contributed by atoms with E-state index >= 15 is 0 Å². The molecule has 1 atom stereocenters. The third-order valence-electron chi connectivity index (χ3n) is 5.65. The van der Waals surface area contributed by atoms with Crippen LogP contribution in [0.15, 0.2) is 24.3 Å². The van der Waals surface area contributed by atoms with E-state index in [4.69, 9.17) is 11.5 Å². The van der Waals surface area contributed by atoms with Gasteiger partial charge in [-0.15, -0.1) is 0 Å². The first-order valence-corrected chi connectivity index (χ1v) is 11.3. The van der Waals surface area contributed by atoms with Crippen molar-refractivity contribution >= 4 is 11.6 Å². The van der Waals surface area contributed by atoms with Crippen LogP contribution in [0.5, 0.6) is 0 Å². The highest BCUT2D eigenvalue weighted by molar-refractivity contribution is 5.94. The van der Waals surface area contributed by atoms with E-state index < -0.39 is 0 Å². The van der Waals surface area contributed by atoms with Crippen LogP contribution < -0.4 is 16.8 Å². The molecule has 0 radical (unpaired) electrons. The Morgan fingerprint density at radius 3 is 2.04 bits per heavy atom. The van der Waals surface area contributed by atoms with Crippen LogP contribution in [-0.4, -0.2) is 18.0 Å². The molecule has 28 heavy (non-hydrogen) atoms. The molecule has 0 fully saturated rings. The number of nitrogens with one attached hydrogen (secondary N) is 1. The van der Waals surface area contributed by atoms with Gasteiger partial charge in [-0.05, 0) is 63.3 Å². The van der Waals surface area contributed by atoms with Crippen molar-refractivity contribution in [2.75, 3.05) is 12.3 Å². The number of carbonyl (C=O) groups excluding carboxylic acids is 1. The SMILES string of the molecule is CCCCCCCCCCC(CCCNC(=O)c1ccc(N)cc1)C(C)(C)N. The van der Waals surface area contributed by atoms with Gasteiger partial charge >= 0.3 is 0 Å². The van der Waals surface area contributed by atoms with Crippen LogP contribution in [0.25, 0.3) is 0 Å². The largest absolute Gasteiger partial charge is 0.399 e. The fourth-order valence-electron chi connectivity index (χ4n) is 3.70. The molecule has 0 saturated carbocycles. The quantitative estimate of drug-likeness (QED) is 0.267. The Bertz CT molecular complexity index is 534. The summed E-state index contributed by atoms with van der Waals surface area (Å²) in [7, 11) is 0. The lowest BCUT2D eigenvalue weighted by atomic mass is 9.81. The van der Waals surface area contributed by atoms with Crippen molar-refractivity contribution in [2.24, 2.45) is 11.7 Å². The Morgan fingerprint density at radius 2 is 1.46 bits per heavy atom. The summed E-state index contributed by atoms with van der Waals surface area (Å²) >= 11 is 0. The number of rotatable bonds is 15. The van der Waals surface area contributed by atoms with E-state index in [-0.39, 0.29) is 11.4 Å². The summed E-state index contributed by atoms with van der Waals surface area (Å²) in [5, 5.41) is 3.01. The van der Waals surface area contributed by atoms with Crippen LogP contribution in [0.4, 0.5) is 5.69 Å². The number of nitrogen functional groups attached to an aromatic ring is 1. The molecule has 0 aliphatic rings. The Balaban J connectivity index is 2.22. The molecular weight excluding hydrogens is 346 g/mol. The Morgan fingerprint density at radius 1 is 0.929 bits per heavy atom. The van der Waals surface area contributed by atoms with Gasteiger partial charge in [0.1, 0.15) is 0 Å². The van der Waals surface area contributed by atoms with Crippen molar-refractivity contribution in [1.29, 1.82) is 0 Å². The van der Waals surface area contributed by atoms with Gasteiger partial charge in [-0.3, -0.25) is 4.79 Å². The van der Waals surface area contributed by atoms with Crippen LogP contribution in [-0.2, 0) is 0 Å². The predicted molar refractivity (Wildman–Crippen MR) is 121 cm³/mol. The van der Waals surface area contributed by atoms with Crippen LogP contribution >= 0.6 is 0 Å². The zero-order chi connectivity index (χ0) is 20.8. The molecule has 0 bridgehead atoms. The molecule has 0 spiro atoms. The number of amides is 1. The van der Waals surface area contributed by atoms with E-state index in [2.05, 4.69) is 26.1 Å². The van der Waals surface area contributed by atoms with Crippen LogP contribution in [0.1, 0.15) is 102 Å². The number of hydrogen-bond donors (Lipinski definition) is 3. The minimum Gasteiger partial charge on any atom is -0.399 e. The second-order valence-corrected chi connectivity index (χ2v) is 8.80. The van der Waals surface area contributed by atoms with Gasteiger partial charge < -0.3 is 16.8 Å². The molecule has 0 saturated heterocycles. The fourth-order valence-corrected chi connectivity index (χ4v) is 3.70. The topological polar surface area (TPSA) is 81.1 Å². The second-order valence-electron chi connectivity index (χ2n) is 8.80. The van der Waals surface area contributed by atoms with Crippen LogP contribution in [0.2, 0.25) is 0 Å². The van der Waals surface area contributed by atoms with Crippen molar-refractivity contribution in [1.82, 2.24) is 5.32 Å². The molecule has 0 heterocycles. The van der Waals surface area contributed by atoms with Gasteiger partial charge in [0.15, 0.2) is 0 Å². The molecule has 4 nitrogen and oxygen atoms in total. The number of hydrogen-bond acceptors (Lipinski definition) is 3. The van der Waals surface area contributed by atoms with E-state index in [0.29, 0.717) is 23.7 Å². The van der Waals surface area contributed by atoms with Crippen molar-refractivity contribution < 1.29 is 4.79 Å². The molecule has 0 aliphatic carbocycles. The minimum absolute atomic E-state index is 0.0355. The average molecular weight is 390 g/mol. The lowest BCUT2D eigenvalue weighted by Gasteiger charge is -2.31. The maximum absolute atomic E-state index is 12.2. The Hall–Kier alpha value is -1.55. The number of unbranched alkanes of at least 4 members (excludes halogenated alkanes) is 7. The van der Waals surface area contributed by atoms with Crippen molar-refractivity contribution in [3.05, 3.63) is 29.8 Å². The Kier molecular flexibility index (Phi) is 11.9. The first-order chi connectivity index (χ1) is 13.3. The summed E-state index contributed by atoms with van der Waals surface area (Å²) in [6.07, 6.45) is 13.9. The van der Waals surface area contributed by atoms with Crippen LogP contribution in [0, 0.1) is 5.92 Å². The fraction of sp³-hybridized carbons (Fsp3) is 0.708. The van der Waals surface area contributed by atoms with Crippen molar-refractivity contribution in [2.45, 2.75) is 96.9 Å². The minimum atomic E-state index is -0.165. The number of nitrogens with two attached hydrogens (primary N) is 2.